The van der Waals surface area contributed by atoms with Gasteiger partial charge in [0.05, 0.1) is 0 Å². The van der Waals surface area contributed by atoms with Crippen molar-refractivity contribution in [3.8, 4) is 11.1 Å². The van der Waals surface area contributed by atoms with Crippen LogP contribution in [-0.4, -0.2) is 0 Å². The van der Waals surface area contributed by atoms with Crippen LogP contribution in [0, 0.1) is 0 Å². The zero-order valence-corrected chi connectivity index (χ0v) is 23.6. The third-order valence-electron chi connectivity index (χ3n) is 9.19. The molecule has 7 rings (SSSR count). The molecule has 0 saturated carbocycles. The number of benzene rings is 3. The van der Waals surface area contributed by atoms with E-state index < -0.39 is 0 Å². The molecule has 0 bridgehead atoms. The van der Waals surface area contributed by atoms with Gasteiger partial charge in [-0.25, -0.2) is 0 Å². The number of fused-ring (bicyclic) bond motifs is 2. The Morgan fingerprint density at radius 1 is 0.825 bits per heavy atom. The van der Waals surface area contributed by atoms with Crippen molar-refractivity contribution >= 4 is 35.5 Å². The first-order valence-electron chi connectivity index (χ1n) is 14.8. The second-order valence-corrected chi connectivity index (χ2v) is 11.5. The van der Waals surface area contributed by atoms with Crippen LogP contribution in [-0.2, 0) is 6.42 Å². The summed E-state index contributed by atoms with van der Waals surface area (Å²) in [6, 6.07) is 18.2. The van der Waals surface area contributed by atoms with Crippen LogP contribution in [0.25, 0.3) is 46.6 Å². The monoisotopic (exact) mass is 516 g/mol. The van der Waals surface area contributed by atoms with Crippen LogP contribution in [0.1, 0.15) is 78.8 Å². The average Bonchev–Trinajstić information content (AvgIpc) is 3.00. The van der Waals surface area contributed by atoms with Gasteiger partial charge in [0.15, 0.2) is 0 Å². The highest BCUT2D eigenvalue weighted by atomic mass is 14.3. The van der Waals surface area contributed by atoms with Crippen molar-refractivity contribution in [2.75, 3.05) is 0 Å². The summed E-state index contributed by atoms with van der Waals surface area (Å²) in [6.07, 6.45) is 26.4. The summed E-state index contributed by atoms with van der Waals surface area (Å²) in [5.74, 6) is 0.331. The van der Waals surface area contributed by atoms with Crippen LogP contribution in [0.15, 0.2) is 96.6 Å². The van der Waals surface area contributed by atoms with Gasteiger partial charge < -0.3 is 0 Å². The van der Waals surface area contributed by atoms with Crippen LogP contribution in [0.4, 0.5) is 0 Å². The van der Waals surface area contributed by atoms with E-state index in [0.29, 0.717) is 5.92 Å². The fourth-order valence-corrected chi connectivity index (χ4v) is 7.31. The highest BCUT2D eigenvalue weighted by molar-refractivity contribution is 6.05. The van der Waals surface area contributed by atoms with Gasteiger partial charge in [-0.1, -0.05) is 110 Å². The van der Waals surface area contributed by atoms with E-state index >= 15 is 0 Å². The van der Waals surface area contributed by atoms with Gasteiger partial charge in [-0.3, -0.25) is 0 Å². The molecular weight excluding hydrogens is 480 g/mol. The molecule has 0 saturated heterocycles. The molecule has 0 spiro atoms. The maximum absolute atomic E-state index is 4.16. The summed E-state index contributed by atoms with van der Waals surface area (Å²) in [5.41, 5.74) is 17.0. The second kappa shape index (κ2) is 10.1. The molecule has 0 amide bonds. The van der Waals surface area contributed by atoms with Crippen molar-refractivity contribution in [1.82, 2.24) is 0 Å². The van der Waals surface area contributed by atoms with E-state index in [0.717, 1.165) is 32.1 Å². The normalized spacial score (nSPS) is 19.9. The van der Waals surface area contributed by atoms with Crippen molar-refractivity contribution in [1.29, 1.82) is 0 Å². The van der Waals surface area contributed by atoms with Crippen molar-refractivity contribution in [2.45, 2.75) is 51.9 Å². The van der Waals surface area contributed by atoms with Crippen LogP contribution >= 0.6 is 0 Å². The van der Waals surface area contributed by atoms with Gasteiger partial charge in [-0.15, -0.1) is 0 Å². The first kappa shape index (κ1) is 24.9. The molecule has 0 heteroatoms. The fourth-order valence-electron chi connectivity index (χ4n) is 7.31. The molecular formula is C40H36. The van der Waals surface area contributed by atoms with Crippen molar-refractivity contribution in [3.05, 3.63) is 140 Å². The number of aryl methyl sites for hydroxylation is 1. The maximum Gasteiger partial charge on any atom is 0.0136 e. The molecule has 3 aromatic rings. The quantitative estimate of drug-likeness (QED) is 0.324. The zero-order chi connectivity index (χ0) is 27.2. The molecule has 196 valence electrons. The van der Waals surface area contributed by atoms with E-state index in [-0.39, 0.29) is 0 Å². The van der Waals surface area contributed by atoms with Gasteiger partial charge >= 0.3 is 0 Å². The molecule has 4 aliphatic carbocycles. The molecule has 0 N–H and O–H groups in total. The van der Waals surface area contributed by atoms with E-state index in [1.54, 1.807) is 0 Å². The summed E-state index contributed by atoms with van der Waals surface area (Å²) in [4.78, 5) is 0. The molecule has 3 aromatic carbocycles. The largest absolute Gasteiger partial charge is 0.0990 e. The van der Waals surface area contributed by atoms with Gasteiger partial charge in [0.2, 0.25) is 0 Å². The number of rotatable bonds is 4. The first-order valence-corrected chi connectivity index (χ1v) is 14.8. The Hall–Kier alpha value is -4.16. The summed E-state index contributed by atoms with van der Waals surface area (Å²) in [5, 5.41) is 2.62. The second-order valence-electron chi connectivity index (χ2n) is 11.5. The Labute approximate surface area is 238 Å². The molecule has 4 aliphatic rings. The Bertz CT molecular complexity index is 1830. The summed E-state index contributed by atoms with van der Waals surface area (Å²) < 4.78 is 0. The zero-order valence-electron chi connectivity index (χ0n) is 23.6. The lowest BCUT2D eigenvalue weighted by Crippen LogP contribution is -2.35. The van der Waals surface area contributed by atoms with E-state index in [2.05, 4.69) is 118 Å². The fraction of sp³-hybridized carbons (Fsp3) is 0.200. The van der Waals surface area contributed by atoms with Gasteiger partial charge in [0.1, 0.15) is 0 Å². The molecule has 0 unspecified atom stereocenters. The minimum absolute atomic E-state index is 0.331. The SMILES string of the molecule is C=C/C=c1/c(-c2ccc3c(c2)CCC=C3)c2c(c(C3=CC4=C(C=CCC4)C[C@@H]3c3ccccc3)/c1=C/C)C=C2C. The molecule has 0 aromatic heterocycles. The molecule has 40 heavy (non-hydrogen) atoms. The minimum atomic E-state index is 0.331. The third-order valence-corrected chi connectivity index (χ3v) is 9.19. The number of allylic oxidation sites excluding steroid dienone is 9. The van der Waals surface area contributed by atoms with E-state index in [1.807, 2.05) is 6.08 Å². The van der Waals surface area contributed by atoms with Crippen molar-refractivity contribution in [2.24, 2.45) is 0 Å². The molecule has 0 fully saturated rings. The lowest BCUT2D eigenvalue weighted by atomic mass is 9.70. The van der Waals surface area contributed by atoms with Crippen LogP contribution in [0.5, 0.6) is 0 Å². The smallest absolute Gasteiger partial charge is 0.0136 e. The van der Waals surface area contributed by atoms with Gasteiger partial charge in [-0.05, 0) is 123 Å². The van der Waals surface area contributed by atoms with Gasteiger partial charge in [0.25, 0.3) is 0 Å². The van der Waals surface area contributed by atoms with Gasteiger partial charge in [-0.2, -0.15) is 0 Å². The number of hydrogen-bond acceptors (Lipinski definition) is 0. The lowest BCUT2D eigenvalue weighted by molar-refractivity contribution is 0.806. The minimum Gasteiger partial charge on any atom is -0.0990 e. The predicted octanol–water partition coefficient (Wildman–Crippen LogP) is 9.17. The summed E-state index contributed by atoms with van der Waals surface area (Å²) >= 11 is 0. The first-order chi connectivity index (χ1) is 19.7. The summed E-state index contributed by atoms with van der Waals surface area (Å²) in [6.45, 7) is 8.65. The predicted molar refractivity (Wildman–Crippen MR) is 174 cm³/mol. The van der Waals surface area contributed by atoms with Crippen LogP contribution in [0.2, 0.25) is 0 Å². The van der Waals surface area contributed by atoms with Gasteiger partial charge in [0, 0.05) is 5.92 Å². The Balaban J connectivity index is 1.53. The highest BCUT2D eigenvalue weighted by Gasteiger charge is 2.32. The standard InChI is InChI=1S/C40H36/c1-4-13-34-33(5-2)40(36-25-31-19-12-11-18-30(31)24-35(36)28-15-7-6-8-16-28)37-22-26(3)38(37)39(34)32-21-20-27-14-9-10-17-29(27)23-32/h4-9,11,13-16,18,20-23,25,35H,1,10,12,17,19,24H2,2-3H3/b33-5+,34-13+/t35-/m1/s1. The Morgan fingerprint density at radius 2 is 1.65 bits per heavy atom. The summed E-state index contributed by atoms with van der Waals surface area (Å²) in [7, 11) is 0. The van der Waals surface area contributed by atoms with Crippen LogP contribution < -0.4 is 10.4 Å². The van der Waals surface area contributed by atoms with E-state index in [4.69, 9.17) is 0 Å². The van der Waals surface area contributed by atoms with E-state index in [9.17, 15) is 0 Å². The van der Waals surface area contributed by atoms with Crippen molar-refractivity contribution in [3.63, 3.8) is 0 Å². The molecule has 0 radical (unpaired) electrons. The maximum atomic E-state index is 4.16. The number of hydrogen-bond donors (Lipinski definition) is 0. The van der Waals surface area contributed by atoms with Crippen molar-refractivity contribution < 1.29 is 0 Å². The Morgan fingerprint density at radius 3 is 2.45 bits per heavy atom. The van der Waals surface area contributed by atoms with Crippen LogP contribution in [0.3, 0.4) is 0 Å². The third kappa shape index (κ3) is 3.97. The molecule has 0 heterocycles. The average molecular weight is 517 g/mol. The molecule has 0 aliphatic heterocycles. The van der Waals surface area contributed by atoms with E-state index in [1.165, 1.54) is 77.2 Å². The topological polar surface area (TPSA) is 0 Å². The lowest BCUT2D eigenvalue weighted by Gasteiger charge is -2.34. The molecule has 1 atom stereocenters. The Kier molecular flexibility index (Phi) is 6.28. The highest BCUT2D eigenvalue weighted by Crippen LogP contribution is 2.48. The molecule has 0 nitrogen and oxygen atoms in total.